The number of nitrogens with one attached hydrogen (secondary N) is 1. The monoisotopic (exact) mass is 268 g/mol. The van der Waals surface area contributed by atoms with Gasteiger partial charge in [-0.1, -0.05) is 0 Å². The highest BCUT2D eigenvalue weighted by Crippen LogP contribution is 2.23. The van der Waals surface area contributed by atoms with E-state index in [1.54, 1.807) is 18.2 Å². The maximum Gasteiger partial charge on any atom is 0.250 e. The molecule has 0 saturated heterocycles. The fourth-order valence-electron chi connectivity index (χ4n) is 1.00. The summed E-state index contributed by atoms with van der Waals surface area (Å²) in [6.07, 6.45) is 0. The number of anilines is 1. The van der Waals surface area contributed by atoms with E-state index < -0.39 is 0 Å². The lowest BCUT2D eigenvalue weighted by atomic mass is 10.2. The second-order valence-electron chi connectivity index (χ2n) is 2.79. The molecule has 0 spiro atoms. The van der Waals surface area contributed by atoms with Crippen LogP contribution in [-0.4, -0.2) is 19.6 Å². The van der Waals surface area contributed by atoms with Gasteiger partial charge in [0.1, 0.15) is 6.61 Å². The number of benzene rings is 1. The Morgan fingerprint density at radius 3 is 2.93 bits per heavy atom. The lowest BCUT2D eigenvalue weighted by Crippen LogP contribution is -2.17. The van der Waals surface area contributed by atoms with Crippen molar-refractivity contribution in [2.45, 2.75) is 0 Å². The van der Waals surface area contributed by atoms with Crippen molar-refractivity contribution < 1.29 is 9.53 Å². The largest absolute Gasteiger partial charge is 0.375 e. The molecule has 78 valence electrons. The minimum Gasteiger partial charge on any atom is -0.375 e. The predicted octanol–water partition coefficient (Wildman–Crippen LogP) is 1.91. The molecule has 0 aliphatic rings. The van der Waals surface area contributed by atoms with Crippen LogP contribution >= 0.6 is 15.9 Å². The van der Waals surface area contributed by atoms with E-state index in [-0.39, 0.29) is 12.5 Å². The van der Waals surface area contributed by atoms with Crippen LogP contribution in [0.25, 0.3) is 0 Å². The molecule has 5 heteroatoms. The van der Waals surface area contributed by atoms with Gasteiger partial charge in [0, 0.05) is 11.6 Å². The highest BCUT2D eigenvalue weighted by atomic mass is 79.9. The minimum absolute atomic E-state index is 0.00639. The number of methoxy groups -OCH3 is 1. The van der Waals surface area contributed by atoms with E-state index in [9.17, 15) is 4.79 Å². The Labute approximate surface area is 96.0 Å². The van der Waals surface area contributed by atoms with Gasteiger partial charge in [0.2, 0.25) is 5.91 Å². The van der Waals surface area contributed by atoms with Gasteiger partial charge in [-0.15, -0.1) is 0 Å². The molecule has 0 bridgehead atoms. The number of nitriles is 1. The Morgan fingerprint density at radius 2 is 2.40 bits per heavy atom. The lowest BCUT2D eigenvalue weighted by molar-refractivity contribution is -0.119. The van der Waals surface area contributed by atoms with E-state index >= 15 is 0 Å². The maximum atomic E-state index is 11.2. The topological polar surface area (TPSA) is 62.1 Å². The Balaban J connectivity index is 2.79. The molecule has 1 rings (SSSR count). The number of hydrogen-bond acceptors (Lipinski definition) is 3. The van der Waals surface area contributed by atoms with Crippen molar-refractivity contribution in [2.75, 3.05) is 19.0 Å². The molecule has 4 nitrogen and oxygen atoms in total. The van der Waals surface area contributed by atoms with Gasteiger partial charge in [-0.2, -0.15) is 5.26 Å². The van der Waals surface area contributed by atoms with Crippen molar-refractivity contribution in [3.8, 4) is 6.07 Å². The van der Waals surface area contributed by atoms with Crippen LogP contribution in [0.5, 0.6) is 0 Å². The molecule has 0 fully saturated rings. The summed E-state index contributed by atoms with van der Waals surface area (Å²) in [5, 5.41) is 11.3. The number of ether oxygens (including phenoxy) is 1. The van der Waals surface area contributed by atoms with Gasteiger partial charge in [-0.3, -0.25) is 4.79 Å². The average molecular weight is 269 g/mol. The zero-order chi connectivity index (χ0) is 11.3. The molecule has 0 aromatic heterocycles. The van der Waals surface area contributed by atoms with E-state index in [1.807, 2.05) is 6.07 Å². The first-order valence-corrected chi connectivity index (χ1v) is 4.95. The zero-order valence-electron chi connectivity index (χ0n) is 8.08. The van der Waals surface area contributed by atoms with E-state index in [2.05, 4.69) is 26.0 Å². The third-order valence-corrected chi connectivity index (χ3v) is 2.30. The van der Waals surface area contributed by atoms with Gasteiger partial charge in [0.15, 0.2) is 0 Å². The fourth-order valence-corrected chi connectivity index (χ4v) is 1.48. The molecule has 1 N–H and O–H groups in total. The summed E-state index contributed by atoms with van der Waals surface area (Å²) in [7, 11) is 1.45. The Kier molecular flexibility index (Phi) is 4.28. The molecule has 0 radical (unpaired) electrons. The highest BCUT2D eigenvalue weighted by Gasteiger charge is 2.05. The number of carbonyl (C=O) groups excluding carboxylic acids is 1. The van der Waals surface area contributed by atoms with Gasteiger partial charge in [-0.25, -0.2) is 0 Å². The number of nitrogens with zero attached hydrogens (tertiary/aromatic N) is 1. The normalized spacial score (nSPS) is 9.40. The van der Waals surface area contributed by atoms with Crippen molar-refractivity contribution in [1.82, 2.24) is 0 Å². The van der Waals surface area contributed by atoms with E-state index in [1.165, 1.54) is 7.11 Å². The van der Waals surface area contributed by atoms with Crippen LogP contribution in [0.15, 0.2) is 22.7 Å². The number of halogens is 1. The summed E-state index contributed by atoms with van der Waals surface area (Å²) >= 11 is 3.26. The molecule has 0 aliphatic carbocycles. The highest BCUT2D eigenvalue weighted by molar-refractivity contribution is 9.10. The molecule has 1 aromatic rings. The van der Waals surface area contributed by atoms with Gasteiger partial charge in [-0.05, 0) is 34.1 Å². The van der Waals surface area contributed by atoms with Gasteiger partial charge in [0.05, 0.1) is 17.3 Å². The number of rotatable bonds is 3. The standard InChI is InChI=1S/C10H9BrN2O2/c1-15-6-10(14)13-9-3-2-7(5-12)4-8(9)11/h2-4H,6H2,1H3,(H,13,14). The van der Waals surface area contributed by atoms with E-state index in [0.717, 1.165) is 0 Å². The summed E-state index contributed by atoms with van der Waals surface area (Å²) < 4.78 is 5.35. The average Bonchev–Trinajstić information content (AvgIpc) is 2.21. The van der Waals surface area contributed by atoms with Crippen molar-refractivity contribution in [2.24, 2.45) is 0 Å². The molecule has 0 heterocycles. The molecule has 0 aliphatic heterocycles. The van der Waals surface area contributed by atoms with Crippen LogP contribution in [0.1, 0.15) is 5.56 Å². The molecule has 1 aromatic carbocycles. The molecule has 0 saturated carbocycles. The molecule has 0 unspecified atom stereocenters. The molecule has 1 amide bonds. The van der Waals surface area contributed by atoms with Crippen LogP contribution in [0.4, 0.5) is 5.69 Å². The summed E-state index contributed by atoms with van der Waals surface area (Å²) in [5.74, 6) is -0.233. The second-order valence-corrected chi connectivity index (χ2v) is 3.64. The first-order valence-electron chi connectivity index (χ1n) is 4.16. The van der Waals surface area contributed by atoms with Gasteiger partial charge < -0.3 is 10.1 Å². The zero-order valence-corrected chi connectivity index (χ0v) is 9.67. The summed E-state index contributed by atoms with van der Waals surface area (Å²) in [5.41, 5.74) is 1.16. The summed E-state index contributed by atoms with van der Waals surface area (Å²) in [4.78, 5) is 11.2. The van der Waals surface area contributed by atoms with Crippen molar-refractivity contribution in [3.63, 3.8) is 0 Å². The summed E-state index contributed by atoms with van der Waals surface area (Å²) in [6.45, 7) is 0.00639. The molecule has 0 atom stereocenters. The molecule has 15 heavy (non-hydrogen) atoms. The van der Waals surface area contributed by atoms with E-state index in [4.69, 9.17) is 5.26 Å². The Bertz CT molecular complexity index is 412. The van der Waals surface area contributed by atoms with Crippen LogP contribution in [0.2, 0.25) is 0 Å². The van der Waals surface area contributed by atoms with Crippen molar-refractivity contribution >= 4 is 27.5 Å². The van der Waals surface area contributed by atoms with Gasteiger partial charge in [0.25, 0.3) is 0 Å². The van der Waals surface area contributed by atoms with E-state index in [0.29, 0.717) is 15.7 Å². The van der Waals surface area contributed by atoms with Crippen LogP contribution in [0, 0.1) is 11.3 Å². The first kappa shape index (κ1) is 11.7. The van der Waals surface area contributed by atoms with Crippen molar-refractivity contribution in [3.05, 3.63) is 28.2 Å². The summed E-state index contributed by atoms with van der Waals surface area (Å²) in [6, 6.07) is 6.94. The maximum absolute atomic E-state index is 11.2. The van der Waals surface area contributed by atoms with Crippen LogP contribution in [0.3, 0.4) is 0 Å². The number of amides is 1. The molecular weight excluding hydrogens is 260 g/mol. The van der Waals surface area contributed by atoms with Gasteiger partial charge >= 0.3 is 0 Å². The SMILES string of the molecule is COCC(=O)Nc1ccc(C#N)cc1Br. The van der Waals surface area contributed by atoms with Crippen molar-refractivity contribution in [1.29, 1.82) is 5.26 Å². The Morgan fingerprint density at radius 1 is 1.67 bits per heavy atom. The lowest BCUT2D eigenvalue weighted by Gasteiger charge is -2.06. The number of hydrogen-bond donors (Lipinski definition) is 1. The minimum atomic E-state index is -0.233. The first-order chi connectivity index (χ1) is 7.17. The quantitative estimate of drug-likeness (QED) is 0.911. The third kappa shape index (κ3) is 3.35. The fraction of sp³-hybridized carbons (Fsp3) is 0.200. The number of carbonyl (C=O) groups is 1. The molecular formula is C10H9BrN2O2. The smallest absolute Gasteiger partial charge is 0.250 e. The van der Waals surface area contributed by atoms with Crippen LogP contribution in [-0.2, 0) is 9.53 Å². The second kappa shape index (κ2) is 5.49. The van der Waals surface area contributed by atoms with Crippen LogP contribution < -0.4 is 5.32 Å². The third-order valence-electron chi connectivity index (χ3n) is 1.65. The Hall–Kier alpha value is -1.38. The predicted molar refractivity (Wildman–Crippen MR) is 59.4 cm³/mol.